The number of nitrogens with zero attached hydrogens (tertiary/aromatic N) is 1. The van der Waals surface area contributed by atoms with Crippen molar-refractivity contribution in [1.29, 1.82) is 0 Å². The predicted octanol–water partition coefficient (Wildman–Crippen LogP) is 1.87. The number of rotatable bonds is 8. The van der Waals surface area contributed by atoms with Gasteiger partial charge in [0.05, 0.1) is 17.0 Å². The number of hydrogen-bond donors (Lipinski definition) is 3. The maximum atomic E-state index is 13.2. The monoisotopic (exact) mass is 480 g/mol. The van der Waals surface area contributed by atoms with Gasteiger partial charge in [-0.05, 0) is 36.8 Å². The SMILES string of the molecule is CC(=O)Nc1cccc2c1c(S(=O)(=O)Oc1ccc(C[SH](=O)=O)cc1)c(C)n2CC(=O)O. The van der Waals surface area contributed by atoms with Crippen LogP contribution in [0.15, 0.2) is 47.4 Å². The summed E-state index contributed by atoms with van der Waals surface area (Å²) in [6.07, 6.45) is 0. The molecule has 1 amide bonds. The Morgan fingerprint density at radius 3 is 2.34 bits per heavy atom. The van der Waals surface area contributed by atoms with Crippen molar-refractivity contribution in [2.24, 2.45) is 0 Å². The third-order valence-corrected chi connectivity index (χ3v) is 6.62. The van der Waals surface area contributed by atoms with Crippen molar-refractivity contribution >= 4 is 49.3 Å². The van der Waals surface area contributed by atoms with Gasteiger partial charge in [-0.15, -0.1) is 0 Å². The molecule has 0 spiro atoms. The Balaban J connectivity index is 2.16. The number of aromatic nitrogens is 1. The lowest BCUT2D eigenvalue weighted by Gasteiger charge is -2.10. The molecule has 0 saturated heterocycles. The van der Waals surface area contributed by atoms with Crippen molar-refractivity contribution in [3.63, 3.8) is 0 Å². The van der Waals surface area contributed by atoms with E-state index in [0.717, 1.165) is 0 Å². The highest BCUT2D eigenvalue weighted by Crippen LogP contribution is 2.36. The first-order chi connectivity index (χ1) is 15.0. The highest BCUT2D eigenvalue weighted by atomic mass is 32.2. The molecule has 1 heterocycles. The molecule has 10 nitrogen and oxygen atoms in total. The van der Waals surface area contributed by atoms with Crippen LogP contribution in [0.5, 0.6) is 5.75 Å². The molecule has 0 atom stereocenters. The summed E-state index contributed by atoms with van der Waals surface area (Å²) < 4.78 is 54.8. The number of carboxylic acids is 1. The minimum atomic E-state index is -4.46. The van der Waals surface area contributed by atoms with Crippen LogP contribution in [0.3, 0.4) is 0 Å². The van der Waals surface area contributed by atoms with Crippen molar-refractivity contribution in [1.82, 2.24) is 4.57 Å². The summed E-state index contributed by atoms with van der Waals surface area (Å²) in [5, 5.41) is 12.0. The van der Waals surface area contributed by atoms with Crippen LogP contribution in [0.2, 0.25) is 0 Å². The van der Waals surface area contributed by atoms with E-state index >= 15 is 0 Å². The van der Waals surface area contributed by atoms with Crippen molar-refractivity contribution in [3.05, 3.63) is 53.7 Å². The fraction of sp³-hybridized carbons (Fsp3) is 0.200. The number of hydrogen-bond acceptors (Lipinski definition) is 7. The lowest BCUT2D eigenvalue weighted by molar-refractivity contribution is -0.137. The molecular formula is C20H20N2O8S2. The van der Waals surface area contributed by atoms with Crippen LogP contribution in [0, 0.1) is 6.92 Å². The number of aliphatic carboxylic acids is 1. The van der Waals surface area contributed by atoms with E-state index < -0.39 is 39.2 Å². The average Bonchev–Trinajstić information content (AvgIpc) is 2.95. The zero-order valence-corrected chi connectivity index (χ0v) is 18.8. The Morgan fingerprint density at radius 1 is 1.12 bits per heavy atom. The molecule has 0 fully saturated rings. The maximum absolute atomic E-state index is 13.2. The van der Waals surface area contributed by atoms with Gasteiger partial charge in [-0.1, -0.05) is 18.2 Å². The van der Waals surface area contributed by atoms with E-state index in [0.29, 0.717) is 11.1 Å². The Morgan fingerprint density at radius 2 is 1.78 bits per heavy atom. The predicted molar refractivity (Wildman–Crippen MR) is 117 cm³/mol. The second-order valence-electron chi connectivity index (χ2n) is 6.95. The van der Waals surface area contributed by atoms with Crippen molar-refractivity contribution in [3.8, 4) is 5.75 Å². The minimum Gasteiger partial charge on any atom is -0.480 e. The first-order valence-corrected chi connectivity index (χ1v) is 12.0. The van der Waals surface area contributed by atoms with Gasteiger partial charge < -0.3 is 19.2 Å². The molecule has 0 aliphatic rings. The zero-order chi connectivity index (χ0) is 23.6. The number of nitrogens with one attached hydrogen (secondary N) is 1. The van der Waals surface area contributed by atoms with Crippen molar-refractivity contribution in [2.45, 2.75) is 31.0 Å². The fourth-order valence-corrected chi connectivity index (χ4v) is 5.29. The first-order valence-electron chi connectivity index (χ1n) is 9.26. The topological polar surface area (TPSA) is 149 Å². The van der Waals surface area contributed by atoms with Gasteiger partial charge in [0, 0.05) is 18.0 Å². The maximum Gasteiger partial charge on any atom is 0.341 e. The molecule has 0 radical (unpaired) electrons. The van der Waals surface area contributed by atoms with Gasteiger partial charge in [0.25, 0.3) is 0 Å². The van der Waals surface area contributed by atoms with Gasteiger partial charge in [-0.2, -0.15) is 8.42 Å². The average molecular weight is 481 g/mol. The lowest BCUT2D eigenvalue weighted by Crippen LogP contribution is -2.14. The van der Waals surface area contributed by atoms with Crippen LogP contribution in [0.1, 0.15) is 18.2 Å². The van der Waals surface area contributed by atoms with E-state index in [2.05, 4.69) is 5.32 Å². The van der Waals surface area contributed by atoms with Crippen LogP contribution in [-0.4, -0.2) is 38.4 Å². The van der Waals surface area contributed by atoms with Crippen molar-refractivity contribution in [2.75, 3.05) is 5.32 Å². The second-order valence-corrected chi connectivity index (χ2v) is 9.41. The van der Waals surface area contributed by atoms with Crippen LogP contribution in [-0.2, 0) is 42.7 Å². The standard InChI is InChI=1S/C20H20N2O8S2/c1-12-20(32(28,29)30-15-8-6-14(7-9-15)11-31(26)27)19-16(21-13(2)23)4-3-5-17(19)22(12)10-18(24)25/h3-9,31H,10-11H2,1-2H3,(H,21,23)(H,24,25). The van der Waals surface area contributed by atoms with Crippen LogP contribution < -0.4 is 9.50 Å². The van der Waals surface area contributed by atoms with Crippen molar-refractivity contribution < 1.29 is 35.7 Å². The number of amides is 1. The number of fused-ring (bicyclic) bond motifs is 1. The van der Waals surface area contributed by atoms with Gasteiger partial charge in [-0.25, -0.2) is 8.42 Å². The molecule has 12 heteroatoms. The largest absolute Gasteiger partial charge is 0.480 e. The third kappa shape index (κ3) is 4.92. The van der Waals surface area contributed by atoms with Crippen LogP contribution in [0.4, 0.5) is 5.69 Å². The summed E-state index contributed by atoms with van der Waals surface area (Å²) in [6, 6.07) is 10.1. The third-order valence-electron chi connectivity index (χ3n) is 4.59. The molecule has 0 saturated carbocycles. The Hall–Kier alpha value is -3.38. The van der Waals surface area contributed by atoms with Crippen LogP contribution in [0.25, 0.3) is 10.9 Å². The summed E-state index contributed by atoms with van der Waals surface area (Å²) in [6.45, 7) is 2.22. The molecular weight excluding hydrogens is 460 g/mol. The van der Waals surface area contributed by atoms with Gasteiger partial charge in [0.15, 0.2) is 0 Å². The molecule has 1 aromatic heterocycles. The number of carbonyl (C=O) groups is 2. The Kier molecular flexibility index (Phi) is 6.55. The molecule has 3 rings (SSSR count). The second kappa shape index (κ2) is 9.01. The lowest BCUT2D eigenvalue weighted by atomic mass is 10.2. The van der Waals surface area contributed by atoms with Crippen LogP contribution >= 0.6 is 0 Å². The molecule has 3 aromatic rings. The smallest absolute Gasteiger partial charge is 0.341 e. The quantitative estimate of drug-likeness (QED) is 0.327. The van der Waals surface area contributed by atoms with Gasteiger partial charge in [-0.3, -0.25) is 9.59 Å². The Labute approximate surface area is 185 Å². The molecule has 32 heavy (non-hydrogen) atoms. The first kappa shape index (κ1) is 23.3. The molecule has 2 N–H and O–H groups in total. The summed E-state index contributed by atoms with van der Waals surface area (Å²) in [4.78, 5) is 22.7. The van der Waals surface area contributed by atoms with E-state index in [9.17, 15) is 31.5 Å². The Bertz CT molecular complexity index is 1380. The zero-order valence-electron chi connectivity index (χ0n) is 17.1. The molecule has 0 unspecified atom stereocenters. The van der Waals surface area contributed by atoms with E-state index in [-0.39, 0.29) is 33.2 Å². The molecule has 170 valence electrons. The highest BCUT2D eigenvalue weighted by Gasteiger charge is 2.29. The highest BCUT2D eigenvalue weighted by molar-refractivity contribution is 7.87. The number of benzene rings is 2. The van der Waals surface area contributed by atoms with Gasteiger partial charge in [0.1, 0.15) is 27.9 Å². The van der Waals surface area contributed by atoms with Gasteiger partial charge >= 0.3 is 16.1 Å². The van der Waals surface area contributed by atoms with E-state index in [4.69, 9.17) is 4.18 Å². The van der Waals surface area contributed by atoms with E-state index in [1.807, 2.05) is 0 Å². The summed E-state index contributed by atoms with van der Waals surface area (Å²) >= 11 is 0. The number of carbonyl (C=O) groups excluding carboxylic acids is 1. The fourth-order valence-electron chi connectivity index (χ4n) is 3.39. The normalized spacial score (nSPS) is 11.6. The molecule has 0 aliphatic heterocycles. The number of anilines is 1. The minimum absolute atomic E-state index is 0.0505. The number of thiol groups is 1. The number of carboxylic acid groups (broad SMARTS) is 1. The summed E-state index contributed by atoms with van der Waals surface area (Å²) in [7, 11) is -7.10. The van der Waals surface area contributed by atoms with Gasteiger partial charge in [0.2, 0.25) is 5.91 Å². The molecule has 2 aromatic carbocycles. The molecule has 0 aliphatic carbocycles. The van der Waals surface area contributed by atoms with E-state index in [1.54, 1.807) is 12.1 Å². The molecule has 0 bridgehead atoms. The summed E-state index contributed by atoms with van der Waals surface area (Å²) in [5.41, 5.74) is 1.08. The summed E-state index contributed by atoms with van der Waals surface area (Å²) in [5.74, 6) is -1.85. The van der Waals surface area contributed by atoms with E-state index in [1.165, 1.54) is 48.7 Å².